The molecule has 0 saturated heterocycles. The van der Waals surface area contributed by atoms with Crippen LogP contribution < -0.4 is 0 Å². The summed E-state index contributed by atoms with van der Waals surface area (Å²) in [5.74, 6) is 0.537. The van der Waals surface area contributed by atoms with E-state index >= 15 is 0 Å². The van der Waals surface area contributed by atoms with Crippen molar-refractivity contribution in [1.29, 1.82) is 0 Å². The minimum Gasteiger partial charge on any atom is -0.313 e. The van der Waals surface area contributed by atoms with E-state index in [2.05, 4.69) is 0 Å². The van der Waals surface area contributed by atoms with Crippen LogP contribution in [0.4, 0.5) is 0 Å². The van der Waals surface area contributed by atoms with Crippen LogP contribution in [0.3, 0.4) is 0 Å². The highest BCUT2D eigenvalue weighted by Gasteiger charge is 2.21. The standard InChI is InChI=1S/C12H23NO2/c1-10(2)8-12(14)9-13(15)11-6-4-3-5-7-11/h10-11,15H,3-9H2,1-2H3. The van der Waals surface area contributed by atoms with Crippen LogP contribution in [0, 0.1) is 5.92 Å². The second-order valence-electron chi connectivity index (χ2n) is 5.03. The molecule has 1 aliphatic rings. The van der Waals surface area contributed by atoms with Crippen molar-refractivity contribution in [1.82, 2.24) is 5.06 Å². The van der Waals surface area contributed by atoms with E-state index in [9.17, 15) is 10.0 Å². The van der Waals surface area contributed by atoms with Gasteiger partial charge in [0.25, 0.3) is 0 Å². The maximum Gasteiger partial charge on any atom is 0.149 e. The van der Waals surface area contributed by atoms with Gasteiger partial charge in [-0.05, 0) is 18.8 Å². The zero-order valence-corrected chi connectivity index (χ0v) is 9.91. The summed E-state index contributed by atoms with van der Waals surface area (Å²) in [6.07, 6.45) is 6.27. The monoisotopic (exact) mass is 213 g/mol. The molecule has 1 aliphatic carbocycles. The first-order valence-electron chi connectivity index (χ1n) is 6.07. The highest BCUT2D eigenvalue weighted by atomic mass is 16.5. The highest BCUT2D eigenvalue weighted by Crippen LogP contribution is 2.21. The Hall–Kier alpha value is -0.410. The number of Topliss-reactive ketones (excluding diaryl/α,β-unsaturated/α-hetero) is 1. The molecule has 1 N–H and O–H groups in total. The van der Waals surface area contributed by atoms with Crippen molar-refractivity contribution < 1.29 is 10.0 Å². The Kier molecular flexibility index (Phi) is 5.26. The summed E-state index contributed by atoms with van der Waals surface area (Å²) in [6, 6.07) is 0.217. The molecule has 3 heteroatoms. The largest absolute Gasteiger partial charge is 0.313 e. The number of ketones is 1. The number of nitrogens with zero attached hydrogens (tertiary/aromatic N) is 1. The summed E-state index contributed by atoms with van der Waals surface area (Å²) in [4.78, 5) is 11.5. The average molecular weight is 213 g/mol. The van der Waals surface area contributed by atoms with E-state index < -0.39 is 0 Å². The topological polar surface area (TPSA) is 40.5 Å². The van der Waals surface area contributed by atoms with E-state index in [1.807, 2.05) is 13.8 Å². The third-order valence-corrected chi connectivity index (χ3v) is 2.97. The summed E-state index contributed by atoms with van der Waals surface area (Å²) in [5, 5.41) is 11.0. The first-order chi connectivity index (χ1) is 7.09. The third-order valence-electron chi connectivity index (χ3n) is 2.97. The number of carbonyl (C=O) groups excluding carboxylic acids is 1. The van der Waals surface area contributed by atoms with Gasteiger partial charge >= 0.3 is 0 Å². The van der Waals surface area contributed by atoms with Crippen LogP contribution in [0.25, 0.3) is 0 Å². The molecule has 1 saturated carbocycles. The van der Waals surface area contributed by atoms with Crippen molar-refractivity contribution in [3.63, 3.8) is 0 Å². The van der Waals surface area contributed by atoms with Crippen molar-refractivity contribution in [2.75, 3.05) is 6.54 Å². The molecule has 88 valence electrons. The van der Waals surface area contributed by atoms with Gasteiger partial charge in [0.15, 0.2) is 0 Å². The molecular weight excluding hydrogens is 190 g/mol. The molecule has 0 atom stereocenters. The van der Waals surface area contributed by atoms with Crippen molar-refractivity contribution in [2.45, 2.75) is 58.4 Å². The molecule has 0 amide bonds. The van der Waals surface area contributed by atoms with Gasteiger partial charge in [-0.15, -0.1) is 0 Å². The summed E-state index contributed by atoms with van der Waals surface area (Å²) in [6.45, 7) is 4.27. The Labute approximate surface area is 92.4 Å². The maximum absolute atomic E-state index is 11.5. The first kappa shape index (κ1) is 12.7. The molecule has 1 fully saturated rings. The number of carbonyl (C=O) groups is 1. The predicted molar refractivity (Wildman–Crippen MR) is 59.8 cm³/mol. The molecule has 0 aromatic carbocycles. The van der Waals surface area contributed by atoms with Gasteiger partial charge in [0, 0.05) is 12.5 Å². The zero-order valence-electron chi connectivity index (χ0n) is 9.91. The molecule has 15 heavy (non-hydrogen) atoms. The summed E-state index contributed by atoms with van der Waals surface area (Å²) in [7, 11) is 0. The van der Waals surface area contributed by atoms with Crippen molar-refractivity contribution in [2.24, 2.45) is 5.92 Å². The molecule has 0 radical (unpaired) electrons. The smallest absolute Gasteiger partial charge is 0.149 e. The second-order valence-corrected chi connectivity index (χ2v) is 5.03. The van der Waals surface area contributed by atoms with E-state index in [1.54, 1.807) is 0 Å². The van der Waals surface area contributed by atoms with E-state index in [1.165, 1.54) is 24.3 Å². The highest BCUT2D eigenvalue weighted by molar-refractivity contribution is 5.80. The Bertz CT molecular complexity index is 198. The van der Waals surface area contributed by atoms with Crippen molar-refractivity contribution >= 4 is 5.78 Å². The maximum atomic E-state index is 11.5. The molecule has 0 unspecified atom stereocenters. The molecule has 0 heterocycles. The van der Waals surface area contributed by atoms with Gasteiger partial charge in [-0.25, -0.2) is 0 Å². The van der Waals surface area contributed by atoms with Gasteiger partial charge in [-0.1, -0.05) is 33.1 Å². The molecule has 1 rings (SSSR count). The SMILES string of the molecule is CC(C)CC(=O)CN(O)C1CCCCC1. The average Bonchev–Trinajstić information content (AvgIpc) is 2.17. The molecule has 0 bridgehead atoms. The van der Waals surface area contributed by atoms with E-state index in [4.69, 9.17) is 0 Å². The predicted octanol–water partition coefficient (Wildman–Crippen LogP) is 2.63. The fourth-order valence-electron chi connectivity index (χ4n) is 2.21. The second kappa shape index (κ2) is 6.23. The lowest BCUT2D eigenvalue weighted by Gasteiger charge is -2.28. The zero-order chi connectivity index (χ0) is 11.3. The fourth-order valence-corrected chi connectivity index (χ4v) is 2.21. The quantitative estimate of drug-likeness (QED) is 0.714. The molecule has 3 nitrogen and oxygen atoms in total. The Morgan fingerprint density at radius 2 is 1.93 bits per heavy atom. The minimum absolute atomic E-state index is 0.151. The third kappa shape index (κ3) is 4.76. The first-order valence-corrected chi connectivity index (χ1v) is 6.07. The van der Waals surface area contributed by atoms with E-state index in [0.717, 1.165) is 12.8 Å². The fraction of sp³-hybridized carbons (Fsp3) is 0.917. The van der Waals surface area contributed by atoms with Crippen LogP contribution in [0.15, 0.2) is 0 Å². The molecule has 0 aromatic heterocycles. The van der Waals surface area contributed by atoms with Gasteiger partial charge in [-0.3, -0.25) is 4.79 Å². The van der Waals surface area contributed by atoms with Crippen LogP contribution in [-0.2, 0) is 4.79 Å². The summed E-state index contributed by atoms with van der Waals surface area (Å²) >= 11 is 0. The molecule has 0 spiro atoms. The number of hydroxylamine groups is 2. The summed E-state index contributed by atoms with van der Waals surface area (Å²) < 4.78 is 0. The Balaban J connectivity index is 2.27. The summed E-state index contributed by atoms with van der Waals surface area (Å²) in [5.41, 5.74) is 0. The van der Waals surface area contributed by atoms with E-state index in [-0.39, 0.29) is 18.4 Å². The van der Waals surface area contributed by atoms with Gasteiger partial charge in [-0.2, -0.15) is 5.06 Å². The van der Waals surface area contributed by atoms with E-state index in [0.29, 0.717) is 12.3 Å². The van der Waals surface area contributed by atoms with Crippen LogP contribution in [0.2, 0.25) is 0 Å². The van der Waals surface area contributed by atoms with Crippen molar-refractivity contribution in [3.05, 3.63) is 0 Å². The molecule has 0 aliphatic heterocycles. The van der Waals surface area contributed by atoms with Crippen LogP contribution in [0.1, 0.15) is 52.4 Å². The number of hydrogen-bond donors (Lipinski definition) is 1. The lowest BCUT2D eigenvalue weighted by atomic mass is 9.95. The van der Waals surface area contributed by atoms with Crippen LogP contribution in [0.5, 0.6) is 0 Å². The van der Waals surface area contributed by atoms with Gasteiger partial charge in [0.2, 0.25) is 0 Å². The normalized spacial score (nSPS) is 18.7. The van der Waals surface area contributed by atoms with Gasteiger partial charge in [0.05, 0.1) is 6.54 Å². The Morgan fingerprint density at radius 3 is 2.47 bits per heavy atom. The molecule has 0 aromatic rings. The van der Waals surface area contributed by atoms with Gasteiger partial charge in [0.1, 0.15) is 5.78 Å². The number of hydrogen-bond acceptors (Lipinski definition) is 3. The van der Waals surface area contributed by atoms with Crippen LogP contribution >= 0.6 is 0 Å². The van der Waals surface area contributed by atoms with Crippen LogP contribution in [-0.4, -0.2) is 28.6 Å². The number of rotatable bonds is 5. The Morgan fingerprint density at radius 1 is 1.33 bits per heavy atom. The van der Waals surface area contributed by atoms with Crippen molar-refractivity contribution in [3.8, 4) is 0 Å². The lowest BCUT2D eigenvalue weighted by Crippen LogP contribution is -2.37. The van der Waals surface area contributed by atoms with Gasteiger partial charge < -0.3 is 5.21 Å². The molecular formula is C12H23NO2. The minimum atomic E-state index is 0.151. The lowest BCUT2D eigenvalue weighted by molar-refractivity contribution is -0.152.